The smallest absolute Gasteiger partial charge is 0.240 e. The number of thioether (sulfide) groups is 1. The summed E-state index contributed by atoms with van der Waals surface area (Å²) in [5.74, 6) is 0. The molecule has 4 rings (SSSR count). The lowest BCUT2D eigenvalue weighted by molar-refractivity contribution is -0.110. The van der Waals surface area contributed by atoms with Gasteiger partial charge in [0.25, 0.3) is 0 Å². The summed E-state index contributed by atoms with van der Waals surface area (Å²) in [5, 5.41) is 3.95. The molecule has 0 atom stereocenters. The Labute approximate surface area is 173 Å². The zero-order valence-electron chi connectivity index (χ0n) is 15.0. The van der Waals surface area contributed by atoms with Crippen molar-refractivity contribution in [2.45, 2.75) is 35.1 Å². The van der Waals surface area contributed by atoms with E-state index < -0.39 is 10.0 Å². The quantitative estimate of drug-likeness (QED) is 0.552. The number of benzene rings is 2. The van der Waals surface area contributed by atoms with Crippen molar-refractivity contribution in [3.05, 3.63) is 70.9 Å². The number of nitrogens with one attached hydrogen (secondary N) is 1. The van der Waals surface area contributed by atoms with E-state index in [1.807, 2.05) is 47.2 Å². The van der Waals surface area contributed by atoms with Crippen LogP contribution < -0.4 is 4.72 Å². The molecule has 0 saturated heterocycles. The van der Waals surface area contributed by atoms with Crippen LogP contribution in [0.15, 0.2) is 75.1 Å². The molecule has 2 aromatic carbocycles. The minimum atomic E-state index is -3.57. The van der Waals surface area contributed by atoms with E-state index in [-0.39, 0.29) is 22.5 Å². The van der Waals surface area contributed by atoms with Gasteiger partial charge in [0.2, 0.25) is 10.0 Å². The highest BCUT2D eigenvalue weighted by Crippen LogP contribution is 2.31. The van der Waals surface area contributed by atoms with Gasteiger partial charge >= 0.3 is 0 Å². The Kier molecular flexibility index (Phi) is 5.68. The molecule has 1 saturated carbocycles. The molecule has 0 spiro atoms. The molecule has 3 aromatic rings. The van der Waals surface area contributed by atoms with E-state index in [2.05, 4.69) is 4.72 Å². The summed E-state index contributed by atoms with van der Waals surface area (Å²) in [4.78, 5) is 13.7. The van der Waals surface area contributed by atoms with Crippen LogP contribution in [0.1, 0.15) is 18.4 Å². The van der Waals surface area contributed by atoms with Crippen LogP contribution in [-0.4, -0.2) is 19.6 Å². The highest BCUT2D eigenvalue weighted by atomic mass is 32.2. The molecular weight excluding hydrogens is 410 g/mol. The summed E-state index contributed by atoms with van der Waals surface area (Å²) in [6, 6.07) is 16.6. The van der Waals surface area contributed by atoms with Crippen molar-refractivity contribution in [2.24, 2.45) is 0 Å². The van der Waals surface area contributed by atoms with E-state index in [1.165, 1.54) is 11.8 Å². The molecule has 28 heavy (non-hydrogen) atoms. The Bertz CT molecular complexity index is 1070. The monoisotopic (exact) mass is 429 g/mol. The topological polar surface area (TPSA) is 63.2 Å². The third-order valence-electron chi connectivity index (χ3n) is 4.43. The molecule has 144 valence electrons. The van der Waals surface area contributed by atoms with E-state index in [0.717, 1.165) is 34.4 Å². The van der Waals surface area contributed by atoms with Crippen molar-refractivity contribution in [3.8, 4) is 11.1 Å². The Morgan fingerprint density at radius 1 is 1.11 bits per heavy atom. The summed E-state index contributed by atoms with van der Waals surface area (Å²) in [7, 11) is -3.57. The normalized spacial score (nSPS) is 14.1. The van der Waals surface area contributed by atoms with Crippen LogP contribution in [0.2, 0.25) is 0 Å². The van der Waals surface area contributed by atoms with Gasteiger partial charge in [-0.2, -0.15) is 11.3 Å². The van der Waals surface area contributed by atoms with Gasteiger partial charge in [-0.3, -0.25) is 4.79 Å². The van der Waals surface area contributed by atoms with Crippen LogP contribution in [-0.2, 0) is 21.2 Å². The van der Waals surface area contributed by atoms with Gasteiger partial charge < -0.3 is 0 Å². The first-order valence-corrected chi connectivity index (χ1v) is 12.2. The standard InChI is InChI=1S/C21H19NO3S3/c23-21(27-18-4-2-1-3-5-18)13-16-12-19(28(24,25)22-17-6-7-17)8-9-20(16)15-10-11-26-14-15/h1-5,8-12,14,17,22H,6-7,13H2. The molecule has 1 N–H and O–H groups in total. The first kappa shape index (κ1) is 19.4. The molecular formula is C21H19NO3S3. The van der Waals surface area contributed by atoms with E-state index in [1.54, 1.807) is 29.5 Å². The lowest BCUT2D eigenvalue weighted by Crippen LogP contribution is -2.25. The summed E-state index contributed by atoms with van der Waals surface area (Å²) in [5.41, 5.74) is 2.62. The molecule has 1 heterocycles. The highest BCUT2D eigenvalue weighted by molar-refractivity contribution is 8.13. The van der Waals surface area contributed by atoms with Gasteiger partial charge in [-0.25, -0.2) is 13.1 Å². The molecule has 1 fully saturated rings. The molecule has 1 aromatic heterocycles. The Balaban J connectivity index is 1.64. The summed E-state index contributed by atoms with van der Waals surface area (Å²) in [6.45, 7) is 0. The highest BCUT2D eigenvalue weighted by Gasteiger charge is 2.28. The number of rotatable bonds is 7. The molecule has 0 aliphatic heterocycles. The second kappa shape index (κ2) is 8.21. The van der Waals surface area contributed by atoms with Crippen molar-refractivity contribution >= 4 is 38.2 Å². The van der Waals surface area contributed by atoms with Crippen molar-refractivity contribution < 1.29 is 13.2 Å². The maximum absolute atomic E-state index is 12.7. The molecule has 4 nitrogen and oxygen atoms in total. The van der Waals surface area contributed by atoms with Crippen LogP contribution in [0.25, 0.3) is 11.1 Å². The first-order chi connectivity index (χ1) is 13.5. The average molecular weight is 430 g/mol. The zero-order valence-corrected chi connectivity index (χ0v) is 17.4. The predicted octanol–water partition coefficient (Wildman–Crippen LogP) is 4.72. The van der Waals surface area contributed by atoms with Crippen molar-refractivity contribution in [1.29, 1.82) is 0 Å². The van der Waals surface area contributed by atoms with Gasteiger partial charge in [0.05, 0.1) is 4.90 Å². The van der Waals surface area contributed by atoms with Gasteiger partial charge in [-0.15, -0.1) is 0 Å². The number of hydrogen-bond acceptors (Lipinski definition) is 5. The molecule has 1 aliphatic rings. The molecule has 0 radical (unpaired) electrons. The lowest BCUT2D eigenvalue weighted by Gasteiger charge is -2.12. The van der Waals surface area contributed by atoms with Crippen LogP contribution in [0.5, 0.6) is 0 Å². The second-order valence-electron chi connectivity index (χ2n) is 6.69. The van der Waals surface area contributed by atoms with Crippen molar-refractivity contribution in [1.82, 2.24) is 4.72 Å². The Morgan fingerprint density at radius 2 is 1.89 bits per heavy atom. The van der Waals surface area contributed by atoms with Gasteiger partial charge in [0.1, 0.15) is 0 Å². The Morgan fingerprint density at radius 3 is 2.57 bits per heavy atom. The molecule has 0 bridgehead atoms. The molecule has 7 heteroatoms. The molecule has 1 aliphatic carbocycles. The van der Waals surface area contributed by atoms with E-state index >= 15 is 0 Å². The van der Waals surface area contributed by atoms with Crippen LogP contribution in [0.4, 0.5) is 0 Å². The average Bonchev–Trinajstić information content (AvgIpc) is 3.30. The van der Waals surface area contributed by atoms with E-state index in [4.69, 9.17) is 0 Å². The second-order valence-corrected chi connectivity index (χ2v) is 10.3. The molecule has 0 unspecified atom stereocenters. The number of hydrogen-bond donors (Lipinski definition) is 1. The van der Waals surface area contributed by atoms with Gasteiger partial charge in [0.15, 0.2) is 5.12 Å². The van der Waals surface area contributed by atoms with Gasteiger partial charge in [0, 0.05) is 17.4 Å². The summed E-state index contributed by atoms with van der Waals surface area (Å²) < 4.78 is 27.9. The zero-order chi connectivity index (χ0) is 19.6. The fourth-order valence-corrected chi connectivity index (χ4v) is 5.68. The number of carbonyl (C=O) groups is 1. The predicted molar refractivity (Wildman–Crippen MR) is 114 cm³/mol. The van der Waals surface area contributed by atoms with Gasteiger partial charge in [-0.05, 0) is 70.6 Å². The largest absolute Gasteiger partial charge is 0.286 e. The third-order valence-corrected chi connectivity index (χ3v) is 7.51. The number of carbonyl (C=O) groups excluding carboxylic acids is 1. The molecule has 0 amide bonds. The van der Waals surface area contributed by atoms with Crippen LogP contribution in [0.3, 0.4) is 0 Å². The van der Waals surface area contributed by atoms with E-state index in [0.29, 0.717) is 0 Å². The van der Waals surface area contributed by atoms with Crippen molar-refractivity contribution in [2.75, 3.05) is 0 Å². The third kappa shape index (κ3) is 4.72. The van der Waals surface area contributed by atoms with Crippen LogP contribution in [0, 0.1) is 0 Å². The summed E-state index contributed by atoms with van der Waals surface area (Å²) in [6.07, 6.45) is 1.92. The Hall–Kier alpha value is -1.93. The summed E-state index contributed by atoms with van der Waals surface area (Å²) >= 11 is 2.75. The minimum absolute atomic E-state index is 0.0209. The SMILES string of the molecule is O=C(Cc1cc(S(=O)(=O)NC2CC2)ccc1-c1ccsc1)Sc1ccccc1. The fourth-order valence-electron chi connectivity index (χ4n) is 2.88. The van der Waals surface area contributed by atoms with Crippen molar-refractivity contribution in [3.63, 3.8) is 0 Å². The number of sulfonamides is 1. The van der Waals surface area contributed by atoms with Crippen LogP contribution >= 0.6 is 23.1 Å². The first-order valence-electron chi connectivity index (χ1n) is 8.95. The lowest BCUT2D eigenvalue weighted by atomic mass is 10.0. The fraction of sp³-hybridized carbons (Fsp3) is 0.190. The maximum atomic E-state index is 12.7. The number of thiophene rings is 1. The maximum Gasteiger partial charge on any atom is 0.240 e. The minimum Gasteiger partial charge on any atom is -0.286 e. The van der Waals surface area contributed by atoms with Gasteiger partial charge in [-0.1, -0.05) is 36.0 Å². The van der Waals surface area contributed by atoms with E-state index in [9.17, 15) is 13.2 Å².